The Labute approximate surface area is 125 Å². The van der Waals surface area contributed by atoms with Crippen molar-refractivity contribution in [2.75, 3.05) is 4.72 Å². The fraction of sp³-hybridized carbons (Fsp3) is 0.154. The molecule has 1 aromatic heterocycles. The first-order chi connectivity index (χ1) is 9.72. The molecule has 0 aliphatic heterocycles. The van der Waals surface area contributed by atoms with Gasteiger partial charge in [-0.1, -0.05) is 0 Å². The first-order valence-corrected chi connectivity index (χ1v) is 8.22. The van der Waals surface area contributed by atoms with Crippen molar-refractivity contribution in [3.05, 3.63) is 39.6 Å². The molecule has 6 nitrogen and oxygen atoms in total. The number of thiophene rings is 1. The lowest BCUT2D eigenvalue weighted by Crippen LogP contribution is -2.16. The second kappa shape index (κ2) is 5.38. The minimum Gasteiger partial charge on any atom is -0.508 e. The molecule has 0 aliphatic rings. The number of carbonyl (C=O) groups is 1. The number of rotatable bonds is 4. The number of phenolic OH excluding ortho intramolecular Hbond substituents is 1. The lowest BCUT2D eigenvalue weighted by atomic mass is 10.1. The molecule has 1 heterocycles. The zero-order valence-electron chi connectivity index (χ0n) is 11.2. The molecule has 1 aromatic carbocycles. The molecule has 0 saturated heterocycles. The van der Waals surface area contributed by atoms with Crippen LogP contribution in [0.1, 0.15) is 20.8 Å². The summed E-state index contributed by atoms with van der Waals surface area (Å²) in [5.41, 5.74) is 1.35. The van der Waals surface area contributed by atoms with Crippen LogP contribution in [0.3, 0.4) is 0 Å². The third-order valence-electron chi connectivity index (χ3n) is 2.90. The molecule has 0 fully saturated rings. The first-order valence-electron chi connectivity index (χ1n) is 5.86. The number of aryl methyl sites for hydroxylation is 2. The van der Waals surface area contributed by atoms with Gasteiger partial charge in [0, 0.05) is 0 Å². The Balaban J connectivity index is 2.45. The minimum atomic E-state index is -4.00. The van der Waals surface area contributed by atoms with Gasteiger partial charge in [0.25, 0.3) is 10.0 Å². The van der Waals surface area contributed by atoms with Crippen molar-refractivity contribution in [2.45, 2.75) is 18.7 Å². The Kier molecular flexibility index (Phi) is 3.93. The molecule has 0 radical (unpaired) electrons. The van der Waals surface area contributed by atoms with Crippen molar-refractivity contribution >= 4 is 33.0 Å². The molecular weight excluding hydrogens is 314 g/mol. The van der Waals surface area contributed by atoms with Crippen molar-refractivity contribution in [1.29, 1.82) is 0 Å². The first kappa shape index (κ1) is 15.3. The predicted octanol–water partition coefficient (Wildman–Crippen LogP) is 2.57. The maximum atomic E-state index is 12.3. The highest BCUT2D eigenvalue weighted by Gasteiger charge is 2.24. The number of carboxylic acids is 1. The highest BCUT2D eigenvalue weighted by Crippen LogP contribution is 2.29. The molecule has 8 heteroatoms. The number of phenols is 1. The number of sulfonamides is 1. The van der Waals surface area contributed by atoms with E-state index in [1.165, 1.54) is 23.6 Å². The molecule has 3 N–H and O–H groups in total. The van der Waals surface area contributed by atoms with Crippen LogP contribution in [-0.4, -0.2) is 24.6 Å². The van der Waals surface area contributed by atoms with Gasteiger partial charge in [-0.2, -0.15) is 0 Å². The van der Waals surface area contributed by atoms with Crippen LogP contribution >= 0.6 is 11.3 Å². The van der Waals surface area contributed by atoms with E-state index in [1.54, 1.807) is 13.8 Å². The summed E-state index contributed by atoms with van der Waals surface area (Å²) in [5, 5.41) is 20.0. The number of hydrogen-bond donors (Lipinski definition) is 3. The van der Waals surface area contributed by atoms with Gasteiger partial charge >= 0.3 is 5.97 Å². The summed E-state index contributed by atoms with van der Waals surface area (Å²) in [6, 6.07) is 4.19. The monoisotopic (exact) mass is 327 g/mol. The van der Waals surface area contributed by atoms with Gasteiger partial charge in [-0.05, 0) is 48.6 Å². The van der Waals surface area contributed by atoms with E-state index in [4.69, 9.17) is 5.11 Å². The van der Waals surface area contributed by atoms with Gasteiger partial charge in [0.05, 0.1) is 5.69 Å². The number of hydrogen-bond acceptors (Lipinski definition) is 5. The zero-order valence-corrected chi connectivity index (χ0v) is 12.9. The molecule has 0 unspecified atom stereocenters. The fourth-order valence-corrected chi connectivity index (χ4v) is 4.16. The van der Waals surface area contributed by atoms with E-state index in [-0.39, 0.29) is 15.5 Å². The maximum absolute atomic E-state index is 12.3. The van der Waals surface area contributed by atoms with Gasteiger partial charge in [-0.3, -0.25) is 4.72 Å². The third-order valence-corrected chi connectivity index (χ3v) is 5.34. The summed E-state index contributed by atoms with van der Waals surface area (Å²) >= 11 is 0.846. The van der Waals surface area contributed by atoms with E-state index in [0.717, 1.165) is 11.3 Å². The van der Waals surface area contributed by atoms with Crippen LogP contribution in [0.25, 0.3) is 0 Å². The number of carboxylic acid groups (broad SMARTS) is 1. The van der Waals surface area contributed by atoms with Gasteiger partial charge in [-0.25, -0.2) is 13.2 Å². The van der Waals surface area contributed by atoms with Crippen LogP contribution in [0.2, 0.25) is 0 Å². The highest BCUT2D eigenvalue weighted by atomic mass is 32.2. The lowest BCUT2D eigenvalue weighted by Gasteiger charge is -2.12. The fourth-order valence-electron chi connectivity index (χ4n) is 1.78. The topological polar surface area (TPSA) is 104 Å². The Bertz CT molecular complexity index is 808. The average Bonchev–Trinajstić information content (AvgIpc) is 2.85. The Morgan fingerprint density at radius 1 is 1.24 bits per heavy atom. The standard InChI is InChI=1S/C13H13NO5S2/c1-7-6-10(15)8(2)5-9(7)14-21(18,19)11-3-4-20-12(11)13(16)17/h3-6,14-15H,1-2H3,(H,16,17). The molecule has 0 amide bonds. The van der Waals surface area contributed by atoms with Crippen molar-refractivity contribution in [3.63, 3.8) is 0 Å². The van der Waals surface area contributed by atoms with E-state index in [2.05, 4.69) is 4.72 Å². The van der Waals surface area contributed by atoms with Crippen molar-refractivity contribution in [3.8, 4) is 5.75 Å². The quantitative estimate of drug-likeness (QED) is 0.749. The van der Waals surface area contributed by atoms with E-state index in [0.29, 0.717) is 16.8 Å². The summed E-state index contributed by atoms with van der Waals surface area (Å²) in [7, 11) is -4.00. The summed E-state index contributed by atoms with van der Waals surface area (Å²) < 4.78 is 27.0. The van der Waals surface area contributed by atoms with Crippen LogP contribution in [0, 0.1) is 13.8 Å². The van der Waals surface area contributed by atoms with Gasteiger partial charge in [0.2, 0.25) is 0 Å². The van der Waals surface area contributed by atoms with Crippen LogP contribution in [0.5, 0.6) is 5.75 Å². The Morgan fingerprint density at radius 3 is 2.52 bits per heavy atom. The Hall–Kier alpha value is -2.06. The smallest absolute Gasteiger partial charge is 0.347 e. The number of anilines is 1. The summed E-state index contributed by atoms with van der Waals surface area (Å²) in [5.74, 6) is -1.22. The van der Waals surface area contributed by atoms with Crippen molar-refractivity contribution in [1.82, 2.24) is 0 Å². The molecule has 21 heavy (non-hydrogen) atoms. The SMILES string of the molecule is Cc1cc(NS(=O)(=O)c2ccsc2C(=O)O)c(C)cc1O. The number of aromatic hydroxyl groups is 1. The van der Waals surface area contributed by atoms with E-state index < -0.39 is 16.0 Å². The molecule has 0 saturated carbocycles. The third kappa shape index (κ3) is 3.01. The second-order valence-corrected chi connectivity index (χ2v) is 7.05. The van der Waals surface area contributed by atoms with Crippen LogP contribution in [0.15, 0.2) is 28.5 Å². The second-order valence-electron chi connectivity index (χ2n) is 4.48. The molecule has 0 bridgehead atoms. The number of nitrogens with one attached hydrogen (secondary N) is 1. The van der Waals surface area contributed by atoms with Gasteiger partial charge in [-0.15, -0.1) is 11.3 Å². The van der Waals surface area contributed by atoms with Gasteiger partial charge in [0.1, 0.15) is 15.5 Å². The average molecular weight is 327 g/mol. The van der Waals surface area contributed by atoms with Crippen LogP contribution < -0.4 is 4.72 Å². The summed E-state index contributed by atoms with van der Waals surface area (Å²) in [6.07, 6.45) is 0. The van der Waals surface area contributed by atoms with Crippen LogP contribution in [0.4, 0.5) is 5.69 Å². The number of benzene rings is 1. The van der Waals surface area contributed by atoms with E-state index in [1.807, 2.05) is 0 Å². The van der Waals surface area contributed by atoms with Crippen molar-refractivity contribution < 1.29 is 23.4 Å². The largest absolute Gasteiger partial charge is 0.508 e. The number of aromatic carboxylic acids is 1. The van der Waals surface area contributed by atoms with Crippen molar-refractivity contribution in [2.24, 2.45) is 0 Å². The van der Waals surface area contributed by atoms with E-state index in [9.17, 15) is 18.3 Å². The van der Waals surface area contributed by atoms with Crippen LogP contribution in [-0.2, 0) is 10.0 Å². The normalized spacial score (nSPS) is 11.3. The molecule has 0 spiro atoms. The summed E-state index contributed by atoms with van der Waals surface area (Å²) in [4.78, 5) is 10.5. The zero-order chi connectivity index (χ0) is 15.8. The Morgan fingerprint density at radius 2 is 1.90 bits per heavy atom. The van der Waals surface area contributed by atoms with E-state index >= 15 is 0 Å². The highest BCUT2D eigenvalue weighted by molar-refractivity contribution is 7.93. The minimum absolute atomic E-state index is 0.0669. The predicted molar refractivity (Wildman–Crippen MR) is 79.7 cm³/mol. The molecule has 2 rings (SSSR count). The molecule has 0 aliphatic carbocycles. The molecular formula is C13H13NO5S2. The lowest BCUT2D eigenvalue weighted by molar-refractivity contribution is 0.0698. The van der Waals surface area contributed by atoms with Gasteiger partial charge < -0.3 is 10.2 Å². The molecule has 112 valence electrons. The van der Waals surface area contributed by atoms with Gasteiger partial charge in [0.15, 0.2) is 0 Å². The maximum Gasteiger partial charge on any atom is 0.347 e. The molecule has 0 atom stereocenters. The molecule has 2 aromatic rings. The summed E-state index contributed by atoms with van der Waals surface area (Å²) in [6.45, 7) is 3.28.